The smallest absolute Gasteiger partial charge is 0.326 e. The average molecular weight is 314 g/mol. The Morgan fingerprint density at radius 3 is 2.81 bits per heavy atom. The minimum absolute atomic E-state index is 0.154. The van der Waals surface area contributed by atoms with Crippen LogP contribution in [0.4, 0.5) is 5.69 Å². The molecule has 1 fully saturated rings. The summed E-state index contributed by atoms with van der Waals surface area (Å²) in [7, 11) is 0. The minimum atomic E-state index is -1.10. The van der Waals surface area contributed by atoms with E-state index in [1.165, 1.54) is 4.90 Å². The summed E-state index contributed by atoms with van der Waals surface area (Å²) in [6, 6.07) is 0.0760. The first-order valence-corrected chi connectivity index (χ1v) is 6.63. The first-order valence-electron chi connectivity index (χ1n) is 6.25. The number of amides is 1. The molecule has 0 aromatic carbocycles. The summed E-state index contributed by atoms with van der Waals surface area (Å²) in [5, 5.41) is 19.7. The number of hydrogen-bond donors (Lipinski definition) is 1. The molecule has 1 aromatic rings. The number of pyridine rings is 1. The zero-order valence-electron chi connectivity index (χ0n) is 10.9. The predicted molar refractivity (Wildman–Crippen MR) is 72.2 cm³/mol. The molecule has 0 aliphatic carbocycles. The number of carbonyl (C=O) groups excluding carboxylic acids is 1. The maximum atomic E-state index is 12.4. The van der Waals surface area contributed by atoms with Crippen molar-refractivity contribution in [2.45, 2.75) is 25.3 Å². The van der Waals surface area contributed by atoms with Gasteiger partial charge in [-0.3, -0.25) is 14.9 Å². The molecule has 112 valence electrons. The Labute approximate surface area is 124 Å². The van der Waals surface area contributed by atoms with Crippen LogP contribution in [0, 0.1) is 10.1 Å². The Hall–Kier alpha value is -2.22. The number of nitrogens with zero attached hydrogens (tertiary/aromatic N) is 3. The van der Waals surface area contributed by atoms with Gasteiger partial charge in [0, 0.05) is 12.6 Å². The molecule has 0 unspecified atom stereocenters. The molecule has 1 aromatic heterocycles. The molecule has 8 nitrogen and oxygen atoms in total. The third kappa shape index (κ3) is 3.10. The van der Waals surface area contributed by atoms with Crippen molar-refractivity contribution in [1.82, 2.24) is 9.88 Å². The van der Waals surface area contributed by atoms with Crippen LogP contribution in [0.25, 0.3) is 0 Å². The topological polar surface area (TPSA) is 114 Å². The van der Waals surface area contributed by atoms with E-state index in [2.05, 4.69) is 4.98 Å². The molecule has 1 saturated heterocycles. The highest BCUT2D eigenvalue weighted by molar-refractivity contribution is 6.32. The van der Waals surface area contributed by atoms with Crippen molar-refractivity contribution in [3.63, 3.8) is 0 Å². The number of carboxylic acids is 1. The fraction of sp³-hybridized carbons (Fsp3) is 0.417. The summed E-state index contributed by atoms with van der Waals surface area (Å²) < 4.78 is 0. The molecule has 0 saturated carbocycles. The standard InChI is InChI=1S/C12H12ClN3O5/c13-10-8(5-7(6-14-10)16(20)21)11(17)15-4-2-1-3-9(15)12(18)19/h5-6,9H,1-4H2,(H,18,19)/t9-/m1/s1. The molecule has 1 N–H and O–H groups in total. The van der Waals surface area contributed by atoms with Gasteiger partial charge in [0.25, 0.3) is 11.6 Å². The van der Waals surface area contributed by atoms with E-state index in [0.29, 0.717) is 19.3 Å². The molecule has 1 amide bonds. The van der Waals surface area contributed by atoms with E-state index in [4.69, 9.17) is 16.7 Å². The molecule has 2 heterocycles. The van der Waals surface area contributed by atoms with Crippen LogP contribution < -0.4 is 0 Å². The summed E-state index contributed by atoms with van der Waals surface area (Å²) >= 11 is 5.81. The van der Waals surface area contributed by atoms with Crippen LogP contribution in [0.3, 0.4) is 0 Å². The van der Waals surface area contributed by atoms with E-state index < -0.39 is 22.8 Å². The fourth-order valence-corrected chi connectivity index (χ4v) is 2.46. The number of aliphatic carboxylic acids is 1. The Balaban J connectivity index is 2.36. The number of rotatable bonds is 3. The fourth-order valence-electron chi connectivity index (χ4n) is 2.27. The third-order valence-corrected chi connectivity index (χ3v) is 3.62. The highest BCUT2D eigenvalue weighted by Gasteiger charge is 2.34. The van der Waals surface area contributed by atoms with Crippen molar-refractivity contribution in [3.05, 3.63) is 33.1 Å². The van der Waals surface area contributed by atoms with E-state index in [1.54, 1.807) is 0 Å². The Morgan fingerprint density at radius 2 is 2.19 bits per heavy atom. The molecule has 1 aliphatic rings. The molecule has 0 radical (unpaired) electrons. The number of halogens is 1. The Morgan fingerprint density at radius 1 is 1.48 bits per heavy atom. The second-order valence-electron chi connectivity index (χ2n) is 4.64. The number of carbonyl (C=O) groups is 2. The van der Waals surface area contributed by atoms with Crippen LogP contribution in [0.5, 0.6) is 0 Å². The summed E-state index contributed by atoms with van der Waals surface area (Å²) in [5.74, 6) is -1.75. The Kier molecular flexibility index (Phi) is 4.37. The molecular formula is C12H12ClN3O5. The van der Waals surface area contributed by atoms with Gasteiger partial charge < -0.3 is 10.0 Å². The van der Waals surface area contributed by atoms with Gasteiger partial charge in [0.2, 0.25) is 0 Å². The number of hydrogen-bond acceptors (Lipinski definition) is 5. The quantitative estimate of drug-likeness (QED) is 0.516. The number of aromatic nitrogens is 1. The second-order valence-corrected chi connectivity index (χ2v) is 5.00. The van der Waals surface area contributed by atoms with Crippen molar-refractivity contribution in [2.24, 2.45) is 0 Å². The zero-order chi connectivity index (χ0) is 15.6. The van der Waals surface area contributed by atoms with Gasteiger partial charge in [-0.1, -0.05) is 11.6 Å². The lowest BCUT2D eigenvalue weighted by Gasteiger charge is -2.33. The maximum absolute atomic E-state index is 12.4. The van der Waals surface area contributed by atoms with Crippen molar-refractivity contribution in [3.8, 4) is 0 Å². The predicted octanol–water partition coefficient (Wildman–Crippen LogP) is 1.72. The highest BCUT2D eigenvalue weighted by Crippen LogP contribution is 2.25. The molecule has 1 atom stereocenters. The number of nitro groups is 1. The van der Waals surface area contributed by atoms with Crippen molar-refractivity contribution in [1.29, 1.82) is 0 Å². The minimum Gasteiger partial charge on any atom is -0.480 e. The van der Waals surface area contributed by atoms with E-state index in [-0.39, 0.29) is 22.9 Å². The molecule has 2 rings (SSSR count). The van der Waals surface area contributed by atoms with Crippen molar-refractivity contribution < 1.29 is 19.6 Å². The first kappa shape index (κ1) is 15.2. The summed E-state index contributed by atoms with van der Waals surface area (Å²) in [4.78, 5) is 38.5. The van der Waals surface area contributed by atoms with Gasteiger partial charge in [-0.25, -0.2) is 9.78 Å². The molecule has 0 spiro atoms. The second kappa shape index (κ2) is 6.04. The van der Waals surface area contributed by atoms with Crippen molar-refractivity contribution >= 4 is 29.2 Å². The SMILES string of the molecule is O=C(O)[C@H]1CCCCN1C(=O)c1cc([N+](=O)[O-])cnc1Cl. The highest BCUT2D eigenvalue weighted by atomic mass is 35.5. The van der Waals surface area contributed by atoms with E-state index in [1.807, 2.05) is 0 Å². The number of likely N-dealkylation sites (tertiary alicyclic amines) is 1. The zero-order valence-corrected chi connectivity index (χ0v) is 11.6. The van der Waals surface area contributed by atoms with Gasteiger partial charge in [-0.2, -0.15) is 0 Å². The number of piperidine rings is 1. The van der Waals surface area contributed by atoms with Crippen LogP contribution in [0.1, 0.15) is 29.6 Å². The van der Waals surface area contributed by atoms with Gasteiger partial charge >= 0.3 is 5.97 Å². The van der Waals surface area contributed by atoms with Gasteiger partial charge in [0.05, 0.1) is 10.5 Å². The summed E-state index contributed by atoms with van der Waals surface area (Å²) in [6.07, 6.45) is 2.68. The van der Waals surface area contributed by atoms with E-state index in [9.17, 15) is 19.7 Å². The van der Waals surface area contributed by atoms with Crippen LogP contribution in [0.2, 0.25) is 5.15 Å². The summed E-state index contributed by atoms with van der Waals surface area (Å²) in [5.41, 5.74) is -0.523. The van der Waals surface area contributed by atoms with Gasteiger partial charge in [-0.05, 0) is 19.3 Å². The molecule has 1 aliphatic heterocycles. The Bertz CT molecular complexity index is 607. The largest absolute Gasteiger partial charge is 0.480 e. The molecular weight excluding hydrogens is 302 g/mol. The third-order valence-electron chi connectivity index (χ3n) is 3.31. The molecule has 9 heteroatoms. The van der Waals surface area contributed by atoms with Crippen LogP contribution >= 0.6 is 11.6 Å². The van der Waals surface area contributed by atoms with Gasteiger partial charge in [-0.15, -0.1) is 0 Å². The van der Waals surface area contributed by atoms with Crippen LogP contribution in [-0.2, 0) is 4.79 Å². The van der Waals surface area contributed by atoms with E-state index >= 15 is 0 Å². The lowest BCUT2D eigenvalue weighted by Crippen LogP contribution is -2.48. The van der Waals surface area contributed by atoms with E-state index in [0.717, 1.165) is 12.3 Å². The first-order chi connectivity index (χ1) is 9.91. The average Bonchev–Trinajstić information content (AvgIpc) is 2.46. The molecule has 0 bridgehead atoms. The monoisotopic (exact) mass is 313 g/mol. The lowest BCUT2D eigenvalue weighted by atomic mass is 10.0. The maximum Gasteiger partial charge on any atom is 0.326 e. The molecule has 21 heavy (non-hydrogen) atoms. The normalized spacial score (nSPS) is 18.3. The van der Waals surface area contributed by atoms with Crippen LogP contribution in [0.15, 0.2) is 12.3 Å². The lowest BCUT2D eigenvalue weighted by molar-refractivity contribution is -0.385. The van der Waals surface area contributed by atoms with Crippen molar-refractivity contribution in [2.75, 3.05) is 6.54 Å². The van der Waals surface area contributed by atoms with Gasteiger partial charge in [0.15, 0.2) is 0 Å². The van der Waals surface area contributed by atoms with Gasteiger partial charge in [0.1, 0.15) is 17.4 Å². The summed E-state index contributed by atoms with van der Waals surface area (Å²) in [6.45, 7) is 0.273. The van der Waals surface area contributed by atoms with Crippen LogP contribution in [-0.4, -0.2) is 44.4 Å². The number of carboxylic acid groups (broad SMARTS) is 1.